The third kappa shape index (κ3) is 1.51. The summed E-state index contributed by atoms with van der Waals surface area (Å²) in [4.78, 5) is 4.45. The van der Waals surface area contributed by atoms with Gasteiger partial charge in [0, 0.05) is 0 Å². The Bertz CT molecular complexity index is 208. The molecule has 10 heavy (non-hydrogen) atoms. The summed E-state index contributed by atoms with van der Waals surface area (Å²) in [5, 5.41) is 0. The minimum absolute atomic E-state index is 0.609. The molecule has 0 amide bonds. The van der Waals surface area contributed by atoms with Crippen LogP contribution in [0.1, 0.15) is 0 Å². The summed E-state index contributed by atoms with van der Waals surface area (Å²) in [5.41, 5.74) is 0. The van der Waals surface area contributed by atoms with Gasteiger partial charge in [0.1, 0.15) is 0 Å². The van der Waals surface area contributed by atoms with Crippen molar-refractivity contribution in [2.24, 2.45) is 0 Å². The van der Waals surface area contributed by atoms with E-state index in [4.69, 9.17) is 0 Å². The van der Waals surface area contributed by atoms with E-state index in [0.29, 0.717) is 15.0 Å². The predicted molar refractivity (Wildman–Crippen MR) is 57.3 cm³/mol. The fourth-order valence-corrected chi connectivity index (χ4v) is 11.7. The van der Waals surface area contributed by atoms with Crippen LogP contribution in [0.4, 0.5) is 0 Å². The van der Waals surface area contributed by atoms with E-state index in [1.54, 1.807) is 4.09 Å². The number of hydrogen-bond acceptors (Lipinski definition) is 0. The van der Waals surface area contributed by atoms with Gasteiger partial charge in [-0.3, -0.25) is 0 Å². The Hall–Kier alpha value is 1.18. The molecule has 1 rings (SSSR count). The van der Waals surface area contributed by atoms with Crippen molar-refractivity contribution < 1.29 is 0 Å². The zero-order chi connectivity index (χ0) is 7.78. The van der Waals surface area contributed by atoms with Crippen molar-refractivity contribution in [3.8, 4) is 0 Å². The van der Waals surface area contributed by atoms with E-state index in [1.807, 2.05) is 0 Å². The molecule has 0 fully saturated rings. The maximum atomic E-state index is 3.62. The Morgan fingerprint density at radius 1 is 1.60 bits per heavy atom. The Morgan fingerprint density at radius 3 is 2.40 bits per heavy atom. The van der Waals surface area contributed by atoms with Crippen LogP contribution in [0, 0.1) is 0 Å². The molecule has 0 saturated heterocycles. The van der Waals surface area contributed by atoms with Crippen molar-refractivity contribution in [3.63, 3.8) is 0 Å². The molecule has 56 valence electrons. The second-order valence-electron chi connectivity index (χ2n) is 2.68. The number of hydrogen-bond donors (Lipinski definition) is 0. The van der Waals surface area contributed by atoms with E-state index in [0.717, 1.165) is 0 Å². The molecule has 0 N–H and O–H groups in total. The van der Waals surface area contributed by atoms with Crippen molar-refractivity contribution in [2.75, 3.05) is 0 Å². The van der Waals surface area contributed by atoms with Gasteiger partial charge in [-0.2, -0.15) is 0 Å². The van der Waals surface area contributed by atoms with Gasteiger partial charge in [0.2, 0.25) is 0 Å². The third-order valence-corrected chi connectivity index (χ3v) is 15.6. The summed E-state index contributed by atoms with van der Waals surface area (Å²) in [7, 11) is -1.15. The molecule has 1 heterocycles. The van der Waals surface area contributed by atoms with Gasteiger partial charge < -0.3 is 0 Å². The second kappa shape index (κ2) is 3.27. The quantitative estimate of drug-likeness (QED) is 0.591. The molecule has 4 heteroatoms. The summed E-state index contributed by atoms with van der Waals surface area (Å²) < 4.78 is 3.09. The monoisotopic (exact) mass is 346 g/mol. The van der Waals surface area contributed by atoms with E-state index in [-0.39, 0.29) is 0 Å². The van der Waals surface area contributed by atoms with Gasteiger partial charge in [-0.15, -0.1) is 0 Å². The van der Waals surface area contributed by atoms with Crippen LogP contribution in [0.15, 0.2) is 18.2 Å². The molecule has 0 saturated carbocycles. The zero-order valence-electron chi connectivity index (χ0n) is 5.82. The first-order chi connectivity index (χ1) is 4.59. The maximum absolute atomic E-state index is 3.62. The van der Waals surface area contributed by atoms with Crippen LogP contribution in [-0.4, -0.2) is 23.0 Å². The first-order valence-corrected chi connectivity index (χ1v) is 9.48. The average molecular weight is 347 g/mol. The number of halogens is 2. The van der Waals surface area contributed by atoms with Crippen molar-refractivity contribution in [3.05, 3.63) is 18.2 Å². The summed E-state index contributed by atoms with van der Waals surface area (Å²) in [6, 6.07) is 0. The van der Waals surface area contributed by atoms with Crippen LogP contribution in [-0.2, 0) is 0 Å². The summed E-state index contributed by atoms with van der Waals surface area (Å²) in [6.07, 6.45) is 0. The average Bonchev–Trinajstić information content (AvgIpc) is 2.10. The van der Waals surface area contributed by atoms with Gasteiger partial charge in [-0.1, -0.05) is 0 Å². The van der Waals surface area contributed by atoms with E-state index < -0.39 is 8.07 Å². The fraction of sp³-hybridized carbons (Fsp3) is 0.333. The Morgan fingerprint density at radius 2 is 2.20 bits per heavy atom. The SMILES string of the molecule is C[Si]1(C)C(Br)=C[Se]/C1=C/Br. The van der Waals surface area contributed by atoms with Gasteiger partial charge in [0.15, 0.2) is 0 Å². The van der Waals surface area contributed by atoms with Gasteiger partial charge in [-0.25, -0.2) is 0 Å². The van der Waals surface area contributed by atoms with Crippen LogP contribution in [0.25, 0.3) is 0 Å². The summed E-state index contributed by atoms with van der Waals surface area (Å²) >= 11 is 7.64. The predicted octanol–water partition coefficient (Wildman–Crippen LogP) is 2.96. The number of rotatable bonds is 0. The Labute approximate surface area is 85.6 Å². The van der Waals surface area contributed by atoms with Crippen molar-refractivity contribution in [1.82, 2.24) is 0 Å². The van der Waals surface area contributed by atoms with Crippen LogP contribution >= 0.6 is 31.9 Å². The van der Waals surface area contributed by atoms with Crippen LogP contribution in [0.5, 0.6) is 0 Å². The van der Waals surface area contributed by atoms with Crippen LogP contribution in [0.2, 0.25) is 13.1 Å². The molecular formula is C6H8Br2SeSi. The molecular weight excluding hydrogens is 339 g/mol. The van der Waals surface area contributed by atoms with Gasteiger partial charge >= 0.3 is 86.1 Å². The molecule has 0 atom stereocenters. The van der Waals surface area contributed by atoms with E-state index in [1.165, 1.54) is 4.11 Å². The van der Waals surface area contributed by atoms with Gasteiger partial charge in [0.25, 0.3) is 0 Å². The molecule has 0 aromatic carbocycles. The molecule has 1 aliphatic heterocycles. The van der Waals surface area contributed by atoms with Crippen molar-refractivity contribution >= 4 is 54.9 Å². The molecule has 0 nitrogen and oxygen atoms in total. The zero-order valence-corrected chi connectivity index (χ0v) is 11.7. The Kier molecular flexibility index (Phi) is 3.03. The van der Waals surface area contributed by atoms with Gasteiger partial charge in [0.05, 0.1) is 0 Å². The fourth-order valence-electron chi connectivity index (χ4n) is 0.690. The van der Waals surface area contributed by atoms with E-state index >= 15 is 0 Å². The van der Waals surface area contributed by atoms with E-state index in [9.17, 15) is 0 Å². The van der Waals surface area contributed by atoms with Gasteiger partial charge in [-0.05, 0) is 0 Å². The van der Waals surface area contributed by atoms with Crippen molar-refractivity contribution in [2.45, 2.75) is 13.1 Å². The summed E-state index contributed by atoms with van der Waals surface area (Å²) in [6.45, 7) is 4.74. The molecule has 1 aliphatic rings. The standard InChI is InChI=1S/C6H8Br2SeSi/c1-10(2)5(8)4-9-6(10)3-7/h3-4H,1-2H3/b6-3-. The first-order valence-electron chi connectivity index (χ1n) is 2.92. The van der Waals surface area contributed by atoms with E-state index in [2.05, 4.69) is 54.9 Å². The normalized spacial score (nSPS) is 27.2. The van der Waals surface area contributed by atoms with Crippen molar-refractivity contribution in [1.29, 1.82) is 0 Å². The Balaban J connectivity index is 2.95. The second-order valence-corrected chi connectivity index (χ2v) is 11.8. The third-order valence-electron chi connectivity index (χ3n) is 1.60. The molecule has 0 spiro atoms. The summed E-state index contributed by atoms with van der Waals surface area (Å²) in [5.74, 6) is 0. The molecule has 0 aliphatic carbocycles. The topological polar surface area (TPSA) is 0 Å². The first kappa shape index (κ1) is 9.27. The molecule has 0 radical (unpaired) electrons. The molecule has 0 aromatic rings. The van der Waals surface area contributed by atoms with Crippen LogP contribution in [0.3, 0.4) is 0 Å². The molecule has 0 unspecified atom stereocenters. The molecule has 0 aromatic heterocycles. The molecule has 0 bridgehead atoms. The van der Waals surface area contributed by atoms with Crippen LogP contribution < -0.4 is 0 Å². The minimum atomic E-state index is -1.15.